The molecule has 4 rings (SSSR count). The molecule has 0 saturated carbocycles. The Balaban J connectivity index is 1.41. The van der Waals surface area contributed by atoms with Crippen molar-refractivity contribution in [3.63, 3.8) is 0 Å². The molecule has 0 N–H and O–H groups in total. The molecule has 0 saturated heterocycles. The Hall–Kier alpha value is -3.06. The summed E-state index contributed by atoms with van der Waals surface area (Å²) in [5, 5.41) is 1.89. The topological polar surface area (TPSA) is 61.2 Å². The Bertz CT molecular complexity index is 1450. The number of aryl methyl sites for hydroxylation is 2. The molecule has 0 aliphatic heterocycles. The fraction of sp³-hybridized carbons (Fsp3) is 0.207. The number of aromatic nitrogens is 2. The maximum atomic E-state index is 12.8. The fourth-order valence-corrected chi connectivity index (χ4v) is 5.39. The highest BCUT2D eigenvalue weighted by Gasteiger charge is 2.16. The lowest BCUT2D eigenvalue weighted by Crippen LogP contribution is -2.08. The first-order valence-corrected chi connectivity index (χ1v) is 13.4. The molecule has 0 atom stereocenters. The monoisotopic (exact) mass is 552 g/mol. The molecule has 5 nitrogen and oxygen atoms in total. The lowest BCUT2D eigenvalue weighted by atomic mass is 10.0. The van der Waals surface area contributed by atoms with Crippen molar-refractivity contribution in [1.29, 1.82) is 0 Å². The third kappa shape index (κ3) is 6.63. The molecule has 1 heterocycles. The van der Waals surface area contributed by atoms with Crippen molar-refractivity contribution >= 4 is 46.7 Å². The summed E-state index contributed by atoms with van der Waals surface area (Å²) in [6.07, 6.45) is 2.24. The van der Waals surface area contributed by atoms with Crippen molar-refractivity contribution in [1.82, 2.24) is 9.55 Å². The van der Waals surface area contributed by atoms with Gasteiger partial charge >= 0.3 is 5.97 Å². The summed E-state index contributed by atoms with van der Waals surface area (Å²) in [4.78, 5) is 28.8. The van der Waals surface area contributed by atoms with E-state index in [9.17, 15) is 9.59 Å². The summed E-state index contributed by atoms with van der Waals surface area (Å²) < 4.78 is 6.68. The lowest BCUT2D eigenvalue weighted by molar-refractivity contribution is -0.139. The predicted molar refractivity (Wildman–Crippen MR) is 150 cm³/mol. The fourth-order valence-electron chi connectivity index (χ4n) is 3.94. The number of carbonyl (C=O) groups excluding carboxylic acids is 2. The van der Waals surface area contributed by atoms with Crippen LogP contribution in [-0.2, 0) is 27.2 Å². The van der Waals surface area contributed by atoms with Gasteiger partial charge in [0.05, 0.1) is 30.0 Å². The van der Waals surface area contributed by atoms with Gasteiger partial charge < -0.3 is 4.74 Å². The van der Waals surface area contributed by atoms with Gasteiger partial charge in [-0.05, 0) is 59.9 Å². The molecule has 190 valence electrons. The molecule has 0 fully saturated rings. The number of ether oxygens (including phenoxy) is 1. The molecular weight excluding hydrogens is 527 g/mol. The van der Waals surface area contributed by atoms with Crippen molar-refractivity contribution in [2.75, 3.05) is 12.9 Å². The van der Waals surface area contributed by atoms with E-state index in [1.54, 1.807) is 6.20 Å². The average molecular weight is 554 g/mol. The molecule has 0 aliphatic carbocycles. The van der Waals surface area contributed by atoms with Gasteiger partial charge in [-0.3, -0.25) is 14.2 Å². The third-order valence-electron chi connectivity index (χ3n) is 5.92. The quantitative estimate of drug-likeness (QED) is 0.164. The molecule has 0 amide bonds. The van der Waals surface area contributed by atoms with Crippen LogP contribution in [0.2, 0.25) is 10.0 Å². The number of Topliss-reactive ketones (excluding diaryl/α,β-unsaturated/α-hetero) is 1. The van der Waals surface area contributed by atoms with E-state index in [0.717, 1.165) is 39.2 Å². The van der Waals surface area contributed by atoms with E-state index in [2.05, 4.69) is 4.98 Å². The zero-order chi connectivity index (χ0) is 26.5. The molecule has 3 aromatic carbocycles. The zero-order valence-corrected chi connectivity index (χ0v) is 23.1. The molecule has 0 bridgehead atoms. The van der Waals surface area contributed by atoms with Crippen molar-refractivity contribution < 1.29 is 14.3 Å². The number of rotatable bonds is 9. The van der Waals surface area contributed by atoms with Gasteiger partial charge in [-0.25, -0.2) is 4.98 Å². The summed E-state index contributed by atoms with van der Waals surface area (Å²) in [6.45, 7) is 3.95. The smallest absolute Gasteiger partial charge is 0.309 e. The van der Waals surface area contributed by atoms with Gasteiger partial charge in [-0.15, -0.1) is 0 Å². The predicted octanol–water partition coefficient (Wildman–Crippen LogP) is 7.08. The van der Waals surface area contributed by atoms with Gasteiger partial charge in [0.1, 0.15) is 5.78 Å². The highest BCUT2D eigenvalue weighted by molar-refractivity contribution is 7.99. The normalized spacial score (nSPS) is 10.9. The first-order chi connectivity index (χ1) is 17.7. The van der Waals surface area contributed by atoms with Crippen LogP contribution in [0.4, 0.5) is 0 Å². The standard InChI is InChI=1S/C29H26Cl2N2O3S/c1-18-4-11-27(26(31)12-18)33-19(2)16-32-29(33)37-17-24(34)14-23-10-9-22(15-25(23)30)21-7-5-20(6-8-21)13-28(35)36-3/h4-12,15-16H,13-14,17H2,1-3H3. The van der Waals surface area contributed by atoms with Crippen LogP contribution < -0.4 is 0 Å². The number of ketones is 1. The van der Waals surface area contributed by atoms with E-state index in [0.29, 0.717) is 15.2 Å². The van der Waals surface area contributed by atoms with E-state index in [4.69, 9.17) is 27.9 Å². The van der Waals surface area contributed by atoms with E-state index < -0.39 is 0 Å². The average Bonchev–Trinajstić information content (AvgIpc) is 3.24. The number of imidazole rings is 1. The van der Waals surface area contributed by atoms with Crippen LogP contribution in [0.5, 0.6) is 0 Å². The van der Waals surface area contributed by atoms with Crippen LogP contribution >= 0.6 is 35.0 Å². The Kier molecular flexibility index (Phi) is 8.75. The third-order valence-corrected chi connectivity index (χ3v) is 7.58. The number of benzene rings is 3. The van der Waals surface area contributed by atoms with Crippen molar-refractivity contribution in [3.05, 3.63) is 99.3 Å². The first kappa shape index (κ1) is 27.0. The van der Waals surface area contributed by atoms with Crippen LogP contribution in [0.3, 0.4) is 0 Å². The second-order valence-electron chi connectivity index (χ2n) is 8.73. The number of hydrogen-bond donors (Lipinski definition) is 0. The first-order valence-electron chi connectivity index (χ1n) is 11.6. The number of hydrogen-bond acceptors (Lipinski definition) is 5. The van der Waals surface area contributed by atoms with Crippen LogP contribution in [0.25, 0.3) is 16.8 Å². The molecule has 4 aromatic rings. The highest BCUT2D eigenvalue weighted by atomic mass is 35.5. The summed E-state index contributed by atoms with van der Waals surface area (Å²) in [7, 11) is 1.38. The zero-order valence-electron chi connectivity index (χ0n) is 20.8. The minimum Gasteiger partial charge on any atom is -0.469 e. The van der Waals surface area contributed by atoms with Crippen LogP contribution in [-0.4, -0.2) is 34.2 Å². The van der Waals surface area contributed by atoms with Crippen molar-refractivity contribution in [3.8, 4) is 16.8 Å². The Morgan fingerprint density at radius 3 is 2.32 bits per heavy atom. The van der Waals surface area contributed by atoms with E-state index in [1.807, 2.05) is 79.1 Å². The molecule has 1 aromatic heterocycles. The number of carbonyl (C=O) groups is 2. The van der Waals surface area contributed by atoms with Gasteiger partial charge in [-0.1, -0.05) is 77.4 Å². The van der Waals surface area contributed by atoms with Gasteiger partial charge in [0, 0.05) is 23.3 Å². The van der Waals surface area contributed by atoms with Crippen molar-refractivity contribution in [2.45, 2.75) is 31.8 Å². The van der Waals surface area contributed by atoms with E-state index >= 15 is 0 Å². The molecule has 0 unspecified atom stereocenters. The Morgan fingerprint density at radius 1 is 0.919 bits per heavy atom. The summed E-state index contributed by atoms with van der Waals surface area (Å²) >= 11 is 14.4. The minimum atomic E-state index is -0.277. The number of methoxy groups -OCH3 is 1. The summed E-state index contributed by atoms with van der Waals surface area (Å²) in [6, 6.07) is 19.3. The maximum absolute atomic E-state index is 12.8. The van der Waals surface area contributed by atoms with Crippen LogP contribution in [0.15, 0.2) is 72.0 Å². The van der Waals surface area contributed by atoms with Crippen LogP contribution in [0.1, 0.15) is 22.4 Å². The van der Waals surface area contributed by atoms with Gasteiger partial charge in [0.15, 0.2) is 5.16 Å². The molecule has 0 radical (unpaired) electrons. The molecule has 0 aliphatic rings. The summed E-state index contributed by atoms with van der Waals surface area (Å²) in [5.74, 6) is 0.0368. The number of nitrogens with zero attached hydrogens (tertiary/aromatic N) is 2. The van der Waals surface area contributed by atoms with E-state index in [-0.39, 0.29) is 30.3 Å². The van der Waals surface area contributed by atoms with Gasteiger partial charge in [0.2, 0.25) is 0 Å². The molecule has 8 heteroatoms. The van der Waals surface area contributed by atoms with Gasteiger partial charge in [0.25, 0.3) is 0 Å². The van der Waals surface area contributed by atoms with Crippen LogP contribution in [0, 0.1) is 13.8 Å². The Labute approximate surface area is 230 Å². The van der Waals surface area contributed by atoms with E-state index in [1.165, 1.54) is 18.9 Å². The van der Waals surface area contributed by atoms with Gasteiger partial charge in [-0.2, -0.15) is 0 Å². The maximum Gasteiger partial charge on any atom is 0.309 e. The highest BCUT2D eigenvalue weighted by Crippen LogP contribution is 2.30. The minimum absolute atomic E-state index is 0.0500. The molecule has 37 heavy (non-hydrogen) atoms. The lowest BCUT2D eigenvalue weighted by Gasteiger charge is -2.12. The number of esters is 1. The number of halogens is 2. The largest absolute Gasteiger partial charge is 0.469 e. The second-order valence-corrected chi connectivity index (χ2v) is 10.5. The second kappa shape index (κ2) is 12.0. The van der Waals surface area contributed by atoms with Crippen molar-refractivity contribution in [2.24, 2.45) is 0 Å². The summed E-state index contributed by atoms with van der Waals surface area (Å²) in [5.41, 5.74) is 6.43. The SMILES string of the molecule is COC(=O)Cc1ccc(-c2ccc(CC(=O)CSc3ncc(C)n3-c3ccc(C)cc3Cl)c(Cl)c2)cc1. The number of thioether (sulfide) groups is 1. The molecule has 0 spiro atoms. The molecular formula is C29H26Cl2N2O3S. The Morgan fingerprint density at radius 2 is 1.65 bits per heavy atom.